The van der Waals surface area contributed by atoms with Crippen molar-refractivity contribution < 1.29 is 0 Å². The van der Waals surface area contributed by atoms with Gasteiger partial charge in [-0.15, -0.1) is 0 Å². The van der Waals surface area contributed by atoms with E-state index in [-0.39, 0.29) is 0 Å². The predicted molar refractivity (Wildman–Crippen MR) is 132 cm³/mol. The summed E-state index contributed by atoms with van der Waals surface area (Å²) < 4.78 is 3.96. The molecule has 1 N–H and O–H groups in total. The van der Waals surface area contributed by atoms with Crippen LogP contribution in [-0.2, 0) is 6.54 Å². The third-order valence-corrected chi connectivity index (χ3v) is 5.52. The number of pyridine rings is 2. The zero-order chi connectivity index (χ0) is 21.5. The standard InChI is InChI=1S/C25H23N5S/c1-18-14-21(11-13-28-18)20-7-5-19(6-8-20)16-27-17-30-25(31-26-2)23-9-10-24-22(15-23)4-3-12-29-24/h3-15,27H,2,16-17H2,1H3/b30-25-. The van der Waals surface area contributed by atoms with Crippen LogP contribution in [0.15, 0.2) is 88.5 Å². The summed E-state index contributed by atoms with van der Waals surface area (Å²) in [4.78, 5) is 13.3. The van der Waals surface area contributed by atoms with Crippen molar-refractivity contribution >= 4 is 34.6 Å². The predicted octanol–water partition coefficient (Wildman–Crippen LogP) is 5.45. The Morgan fingerprint density at radius 2 is 1.84 bits per heavy atom. The van der Waals surface area contributed by atoms with Gasteiger partial charge in [0.1, 0.15) is 5.04 Å². The van der Waals surface area contributed by atoms with Crippen LogP contribution in [0.3, 0.4) is 0 Å². The summed E-state index contributed by atoms with van der Waals surface area (Å²) >= 11 is 1.28. The normalized spacial score (nSPS) is 11.6. The van der Waals surface area contributed by atoms with Crippen molar-refractivity contribution in [2.24, 2.45) is 9.39 Å². The molecule has 6 heteroatoms. The highest BCUT2D eigenvalue weighted by Gasteiger charge is 2.06. The highest BCUT2D eigenvalue weighted by atomic mass is 32.2. The fraction of sp³-hybridized carbons (Fsp3) is 0.120. The molecule has 0 atom stereocenters. The summed E-state index contributed by atoms with van der Waals surface area (Å²) in [6.45, 7) is 6.83. The van der Waals surface area contributed by atoms with Crippen molar-refractivity contribution in [2.75, 3.05) is 6.67 Å². The molecule has 0 amide bonds. The molecular weight excluding hydrogens is 402 g/mol. The molecule has 0 saturated carbocycles. The molecule has 2 aromatic carbocycles. The summed E-state index contributed by atoms with van der Waals surface area (Å²) in [6, 6.07) is 22.8. The second kappa shape index (κ2) is 10.1. The van der Waals surface area contributed by atoms with Gasteiger partial charge in [0, 0.05) is 47.5 Å². The highest BCUT2D eigenvalue weighted by Crippen LogP contribution is 2.21. The average Bonchev–Trinajstić information content (AvgIpc) is 2.81. The zero-order valence-electron chi connectivity index (χ0n) is 17.3. The quantitative estimate of drug-likeness (QED) is 0.185. The first-order valence-corrected chi connectivity index (χ1v) is 10.8. The molecule has 2 heterocycles. The van der Waals surface area contributed by atoms with Crippen molar-refractivity contribution in [3.05, 3.63) is 95.9 Å². The average molecular weight is 426 g/mol. The number of benzene rings is 2. The Labute approximate surface area is 186 Å². The lowest BCUT2D eigenvalue weighted by Crippen LogP contribution is -2.14. The molecule has 4 rings (SSSR count). The molecule has 0 radical (unpaired) electrons. The second-order valence-corrected chi connectivity index (χ2v) is 7.89. The zero-order valence-corrected chi connectivity index (χ0v) is 18.1. The van der Waals surface area contributed by atoms with E-state index in [0.29, 0.717) is 6.67 Å². The first-order chi connectivity index (χ1) is 15.2. The van der Waals surface area contributed by atoms with E-state index in [4.69, 9.17) is 0 Å². The largest absolute Gasteiger partial charge is 0.294 e. The summed E-state index contributed by atoms with van der Waals surface area (Å²) in [5.74, 6) is 0. The Morgan fingerprint density at radius 1 is 0.968 bits per heavy atom. The van der Waals surface area contributed by atoms with E-state index in [0.717, 1.165) is 33.7 Å². The van der Waals surface area contributed by atoms with E-state index < -0.39 is 0 Å². The molecule has 0 bridgehead atoms. The molecule has 0 aliphatic rings. The first kappa shape index (κ1) is 20.9. The lowest BCUT2D eigenvalue weighted by atomic mass is 10.0. The molecule has 0 aliphatic carbocycles. The van der Waals surface area contributed by atoms with Crippen molar-refractivity contribution in [3.63, 3.8) is 0 Å². The Kier molecular flexibility index (Phi) is 6.82. The third-order valence-electron chi connectivity index (χ3n) is 4.85. The number of rotatable bonds is 7. The molecule has 2 aromatic heterocycles. The lowest BCUT2D eigenvalue weighted by Gasteiger charge is -2.07. The molecule has 5 nitrogen and oxygen atoms in total. The fourth-order valence-electron chi connectivity index (χ4n) is 3.31. The maximum absolute atomic E-state index is 4.69. The van der Waals surface area contributed by atoms with Crippen LogP contribution < -0.4 is 5.32 Å². The monoisotopic (exact) mass is 425 g/mol. The van der Waals surface area contributed by atoms with Crippen LogP contribution in [0.2, 0.25) is 0 Å². The maximum atomic E-state index is 4.69. The minimum atomic E-state index is 0.494. The Morgan fingerprint density at radius 3 is 2.65 bits per heavy atom. The molecule has 154 valence electrons. The van der Waals surface area contributed by atoms with Crippen LogP contribution >= 0.6 is 11.9 Å². The topological polar surface area (TPSA) is 62.5 Å². The van der Waals surface area contributed by atoms with Gasteiger partial charge < -0.3 is 0 Å². The summed E-state index contributed by atoms with van der Waals surface area (Å²) in [5, 5.41) is 5.29. The first-order valence-electron chi connectivity index (χ1n) is 9.98. The number of nitrogens with zero attached hydrogens (tertiary/aromatic N) is 4. The minimum absolute atomic E-state index is 0.494. The number of aryl methyl sites for hydroxylation is 1. The number of fused-ring (bicyclic) bond motifs is 1. The fourth-order valence-corrected chi connectivity index (χ4v) is 3.79. The van der Waals surface area contributed by atoms with Crippen molar-refractivity contribution in [3.8, 4) is 11.1 Å². The molecule has 4 aromatic rings. The van der Waals surface area contributed by atoms with E-state index in [2.05, 4.69) is 67.8 Å². The van der Waals surface area contributed by atoms with Crippen LogP contribution in [0.5, 0.6) is 0 Å². The number of aliphatic imine (C=N–C) groups is 1. The Balaban J connectivity index is 1.39. The summed E-state index contributed by atoms with van der Waals surface area (Å²) in [6.07, 6.45) is 3.64. The van der Waals surface area contributed by atoms with Gasteiger partial charge in [0.15, 0.2) is 0 Å². The van der Waals surface area contributed by atoms with Gasteiger partial charge in [-0.1, -0.05) is 36.4 Å². The van der Waals surface area contributed by atoms with Crippen LogP contribution in [0.1, 0.15) is 16.8 Å². The van der Waals surface area contributed by atoms with Gasteiger partial charge >= 0.3 is 0 Å². The van der Waals surface area contributed by atoms with E-state index in [1.807, 2.05) is 43.5 Å². The SMILES string of the molecule is C=NS/C(=N\CNCc1ccc(-c2ccnc(C)c2)cc1)c1ccc2ncccc2c1. The Hall–Kier alpha value is -3.35. The van der Waals surface area contributed by atoms with Gasteiger partial charge in [-0.3, -0.25) is 20.3 Å². The molecule has 0 fully saturated rings. The van der Waals surface area contributed by atoms with Crippen molar-refractivity contribution in [1.29, 1.82) is 0 Å². The molecular formula is C25H23N5S. The Bertz CT molecular complexity index is 1220. The van der Waals surface area contributed by atoms with Gasteiger partial charge in [-0.25, -0.2) is 4.40 Å². The molecule has 0 aliphatic heterocycles. The van der Waals surface area contributed by atoms with Gasteiger partial charge in [-0.05, 0) is 60.7 Å². The van der Waals surface area contributed by atoms with Crippen molar-refractivity contribution in [1.82, 2.24) is 15.3 Å². The second-order valence-electron chi connectivity index (χ2n) is 7.06. The highest BCUT2D eigenvalue weighted by molar-refractivity contribution is 8.13. The summed E-state index contributed by atoms with van der Waals surface area (Å²) in [5.41, 5.74) is 6.57. The van der Waals surface area contributed by atoms with Gasteiger partial charge in [0.25, 0.3) is 0 Å². The van der Waals surface area contributed by atoms with Crippen LogP contribution in [0, 0.1) is 6.92 Å². The number of nitrogens with one attached hydrogen (secondary N) is 1. The van der Waals surface area contributed by atoms with Crippen LogP contribution in [0.25, 0.3) is 22.0 Å². The number of hydrogen-bond acceptors (Lipinski definition) is 6. The molecule has 0 unspecified atom stereocenters. The lowest BCUT2D eigenvalue weighted by molar-refractivity contribution is 0.712. The molecule has 0 saturated heterocycles. The number of aromatic nitrogens is 2. The van der Waals surface area contributed by atoms with Crippen LogP contribution in [0.4, 0.5) is 0 Å². The van der Waals surface area contributed by atoms with E-state index in [1.165, 1.54) is 28.6 Å². The van der Waals surface area contributed by atoms with Crippen molar-refractivity contribution in [2.45, 2.75) is 13.5 Å². The summed E-state index contributed by atoms with van der Waals surface area (Å²) in [7, 11) is 0. The minimum Gasteiger partial charge on any atom is -0.294 e. The van der Waals surface area contributed by atoms with E-state index in [1.54, 1.807) is 6.20 Å². The maximum Gasteiger partial charge on any atom is 0.122 e. The van der Waals surface area contributed by atoms with Gasteiger partial charge in [0.05, 0.1) is 12.2 Å². The number of hydrogen-bond donors (Lipinski definition) is 1. The smallest absolute Gasteiger partial charge is 0.122 e. The van der Waals surface area contributed by atoms with E-state index >= 15 is 0 Å². The third kappa shape index (κ3) is 5.42. The van der Waals surface area contributed by atoms with E-state index in [9.17, 15) is 0 Å². The molecule has 0 spiro atoms. The van der Waals surface area contributed by atoms with Crippen LogP contribution in [-0.4, -0.2) is 28.4 Å². The molecule has 31 heavy (non-hydrogen) atoms. The van der Waals surface area contributed by atoms with Gasteiger partial charge in [-0.2, -0.15) is 0 Å². The van der Waals surface area contributed by atoms with Gasteiger partial charge in [0.2, 0.25) is 0 Å².